The summed E-state index contributed by atoms with van der Waals surface area (Å²) in [7, 11) is 0.760. The number of nitrogens with zero attached hydrogens (tertiary/aromatic N) is 4. The molecule has 45 heavy (non-hydrogen) atoms. The fourth-order valence-corrected chi connectivity index (χ4v) is 5.08. The molecule has 0 spiro atoms. The maximum Gasteiger partial charge on any atom is 0.490 e. The lowest BCUT2D eigenvalue weighted by atomic mass is 10.1. The number of aromatic nitrogens is 4. The van der Waals surface area contributed by atoms with E-state index >= 15 is 0 Å². The lowest BCUT2D eigenvalue weighted by Gasteiger charge is -2.11. The summed E-state index contributed by atoms with van der Waals surface area (Å²) in [5.74, 6) is -1.61. The van der Waals surface area contributed by atoms with E-state index in [2.05, 4.69) is 40.0 Å². The molecule has 0 atom stereocenters. The number of hydrogen-bond donors (Lipinski definition) is 4. The molecule has 0 unspecified atom stereocenters. The minimum atomic E-state index is -5.08. The number of alkyl halides is 3. The maximum absolute atomic E-state index is 11.6. The molecule has 11 nitrogen and oxygen atoms in total. The van der Waals surface area contributed by atoms with Gasteiger partial charge in [0.2, 0.25) is 11.9 Å². The number of benzene rings is 3. The quantitative estimate of drug-likeness (QED) is 0.158. The lowest BCUT2D eigenvalue weighted by molar-refractivity contribution is -0.192. The normalized spacial score (nSPS) is 11.4. The Kier molecular flexibility index (Phi) is 9.61. The van der Waals surface area contributed by atoms with Gasteiger partial charge in [0.1, 0.15) is 5.52 Å². The Morgan fingerprint density at radius 1 is 0.933 bits per heavy atom. The summed E-state index contributed by atoms with van der Waals surface area (Å²) in [5.41, 5.74) is 7.88. The SMILES string of the molecule is CNc1ccc2c(nc(Nc3ccc(C)cc3)n2C)c1-c1ccnc(Nc2ccc(CS(C)(=O)=O)cc2)n1.O=C(O)C(F)(F)F. The molecule has 0 aliphatic rings. The third-order valence-corrected chi connectivity index (χ3v) is 7.28. The van der Waals surface area contributed by atoms with Crippen molar-refractivity contribution in [3.8, 4) is 11.3 Å². The van der Waals surface area contributed by atoms with Crippen LogP contribution in [0.25, 0.3) is 22.3 Å². The van der Waals surface area contributed by atoms with Crippen molar-refractivity contribution < 1.29 is 31.5 Å². The van der Waals surface area contributed by atoms with Crippen molar-refractivity contribution in [3.63, 3.8) is 0 Å². The summed E-state index contributed by atoms with van der Waals surface area (Å²) in [6, 6.07) is 21.3. The van der Waals surface area contributed by atoms with E-state index in [4.69, 9.17) is 19.9 Å². The summed E-state index contributed by atoms with van der Waals surface area (Å²) in [4.78, 5) is 23.0. The number of anilines is 5. The maximum atomic E-state index is 11.6. The van der Waals surface area contributed by atoms with E-state index in [1.165, 1.54) is 11.8 Å². The van der Waals surface area contributed by atoms with Gasteiger partial charge >= 0.3 is 12.1 Å². The van der Waals surface area contributed by atoms with Crippen molar-refractivity contribution >= 4 is 55.8 Å². The van der Waals surface area contributed by atoms with Crippen LogP contribution < -0.4 is 16.0 Å². The Bertz CT molecular complexity index is 1930. The van der Waals surface area contributed by atoms with E-state index in [0.717, 1.165) is 45.2 Å². The minimum absolute atomic E-state index is 0.000893. The monoisotopic (exact) mass is 641 g/mol. The smallest absolute Gasteiger partial charge is 0.475 e. The number of nitrogens with one attached hydrogen (secondary N) is 3. The van der Waals surface area contributed by atoms with Crippen LogP contribution in [-0.4, -0.2) is 58.5 Å². The third kappa shape index (κ3) is 8.47. The molecular formula is C30H30F3N7O4S. The molecule has 0 fully saturated rings. The van der Waals surface area contributed by atoms with Crippen LogP contribution in [-0.2, 0) is 27.4 Å². The molecular weight excluding hydrogens is 611 g/mol. The molecule has 5 rings (SSSR count). The first kappa shape index (κ1) is 32.7. The Balaban J connectivity index is 0.000000591. The second-order valence-corrected chi connectivity index (χ2v) is 12.2. The van der Waals surface area contributed by atoms with Gasteiger partial charge in [0.15, 0.2) is 9.84 Å². The molecule has 3 aromatic carbocycles. The summed E-state index contributed by atoms with van der Waals surface area (Å²) < 4.78 is 56.9. The van der Waals surface area contributed by atoms with Gasteiger partial charge in [0.05, 0.1) is 22.5 Å². The van der Waals surface area contributed by atoms with Gasteiger partial charge in [-0.3, -0.25) is 0 Å². The number of hydrogen-bond acceptors (Lipinski definition) is 9. The number of carbonyl (C=O) groups is 1. The molecule has 0 saturated heterocycles. The van der Waals surface area contributed by atoms with Gasteiger partial charge in [-0.25, -0.2) is 28.2 Å². The van der Waals surface area contributed by atoms with E-state index in [9.17, 15) is 21.6 Å². The molecule has 4 N–H and O–H groups in total. The van der Waals surface area contributed by atoms with Crippen LogP contribution in [0.1, 0.15) is 11.1 Å². The molecule has 0 saturated carbocycles. The molecule has 0 aliphatic carbocycles. The summed E-state index contributed by atoms with van der Waals surface area (Å²) >= 11 is 0. The first-order chi connectivity index (χ1) is 21.1. The van der Waals surface area contributed by atoms with Crippen molar-refractivity contribution in [3.05, 3.63) is 84.1 Å². The van der Waals surface area contributed by atoms with Gasteiger partial charge < -0.3 is 25.6 Å². The molecule has 0 radical (unpaired) electrons. The average molecular weight is 642 g/mol. The van der Waals surface area contributed by atoms with Crippen molar-refractivity contribution in [2.75, 3.05) is 29.3 Å². The number of aliphatic carboxylic acids is 1. The minimum Gasteiger partial charge on any atom is -0.475 e. The Hall–Kier alpha value is -5.18. The second-order valence-electron chi connectivity index (χ2n) is 10.1. The Morgan fingerprint density at radius 3 is 2.11 bits per heavy atom. The second kappa shape index (κ2) is 13.2. The van der Waals surface area contributed by atoms with Crippen LogP contribution >= 0.6 is 0 Å². The zero-order chi connectivity index (χ0) is 32.9. The highest BCUT2D eigenvalue weighted by Crippen LogP contribution is 2.36. The van der Waals surface area contributed by atoms with E-state index in [0.29, 0.717) is 11.6 Å². The molecule has 2 heterocycles. The van der Waals surface area contributed by atoms with Crippen LogP contribution in [0.15, 0.2) is 72.9 Å². The highest BCUT2D eigenvalue weighted by atomic mass is 32.2. The van der Waals surface area contributed by atoms with Crippen molar-refractivity contribution in [1.29, 1.82) is 0 Å². The van der Waals surface area contributed by atoms with E-state index in [1.54, 1.807) is 18.3 Å². The molecule has 5 aromatic rings. The van der Waals surface area contributed by atoms with Crippen LogP contribution in [0.4, 0.5) is 42.1 Å². The zero-order valence-corrected chi connectivity index (χ0v) is 25.5. The first-order valence-electron chi connectivity index (χ1n) is 13.3. The molecule has 0 aliphatic heterocycles. The molecule has 0 amide bonds. The van der Waals surface area contributed by atoms with E-state index < -0.39 is 22.0 Å². The van der Waals surface area contributed by atoms with Crippen LogP contribution in [0.2, 0.25) is 0 Å². The van der Waals surface area contributed by atoms with Crippen molar-refractivity contribution in [2.45, 2.75) is 18.9 Å². The van der Waals surface area contributed by atoms with Crippen molar-refractivity contribution in [2.24, 2.45) is 7.05 Å². The first-order valence-corrected chi connectivity index (χ1v) is 15.4. The number of fused-ring (bicyclic) bond motifs is 1. The molecule has 2 aromatic heterocycles. The number of sulfone groups is 1. The average Bonchev–Trinajstić information content (AvgIpc) is 3.28. The number of halogens is 3. The fraction of sp³-hybridized carbons (Fsp3) is 0.200. The largest absolute Gasteiger partial charge is 0.490 e. The Morgan fingerprint density at radius 2 is 1.53 bits per heavy atom. The van der Waals surface area contributed by atoms with E-state index in [-0.39, 0.29) is 5.75 Å². The van der Waals surface area contributed by atoms with Gasteiger partial charge in [-0.1, -0.05) is 29.8 Å². The molecule has 236 valence electrons. The predicted octanol–water partition coefficient (Wildman–Crippen LogP) is 6.05. The molecule has 15 heteroatoms. The van der Waals surface area contributed by atoms with Gasteiger partial charge in [-0.05, 0) is 55.0 Å². The highest BCUT2D eigenvalue weighted by molar-refractivity contribution is 7.89. The molecule has 0 bridgehead atoms. The topological polar surface area (TPSA) is 151 Å². The standard InChI is InChI=1S/C28H29N7O2S.C2HF3O2/c1-18-5-9-21(10-6-18)32-28-34-26-24(35(28)3)14-13-22(29-2)25(26)23-15-16-30-27(33-23)31-20-11-7-19(8-12-20)17-38(4,36)37;3-2(4,5)1(6)7/h5-16,29H,17H2,1-4H3,(H,32,34)(H,30,31,33);(H,6,7). The summed E-state index contributed by atoms with van der Waals surface area (Å²) in [6.07, 6.45) is -2.16. The Labute approximate surface area is 257 Å². The van der Waals surface area contributed by atoms with Gasteiger partial charge in [-0.2, -0.15) is 13.2 Å². The number of carboxylic acid groups (broad SMARTS) is 1. The van der Waals surface area contributed by atoms with E-state index in [1.807, 2.05) is 61.1 Å². The predicted molar refractivity (Wildman–Crippen MR) is 168 cm³/mol. The number of aryl methyl sites for hydroxylation is 2. The highest BCUT2D eigenvalue weighted by Gasteiger charge is 2.38. The zero-order valence-electron chi connectivity index (χ0n) is 24.6. The summed E-state index contributed by atoms with van der Waals surface area (Å²) in [6.45, 7) is 2.06. The van der Waals surface area contributed by atoms with Crippen molar-refractivity contribution in [1.82, 2.24) is 19.5 Å². The number of imidazole rings is 1. The lowest BCUT2D eigenvalue weighted by Crippen LogP contribution is -2.21. The van der Waals surface area contributed by atoms with Crippen LogP contribution in [0, 0.1) is 6.92 Å². The number of carboxylic acids is 1. The van der Waals surface area contributed by atoms with Gasteiger partial charge in [0, 0.05) is 43.6 Å². The fourth-order valence-electron chi connectivity index (χ4n) is 4.28. The third-order valence-electron chi connectivity index (χ3n) is 6.42. The number of rotatable bonds is 8. The van der Waals surface area contributed by atoms with Gasteiger partial charge in [0.25, 0.3) is 0 Å². The summed E-state index contributed by atoms with van der Waals surface area (Å²) in [5, 5.41) is 17.0. The van der Waals surface area contributed by atoms with Crippen LogP contribution in [0.5, 0.6) is 0 Å². The van der Waals surface area contributed by atoms with Gasteiger partial charge in [-0.15, -0.1) is 0 Å². The van der Waals surface area contributed by atoms with Crippen LogP contribution in [0.3, 0.4) is 0 Å².